The second-order valence-corrected chi connectivity index (χ2v) is 4.51. The highest BCUT2D eigenvalue weighted by molar-refractivity contribution is 7.13. The van der Waals surface area contributed by atoms with Crippen molar-refractivity contribution in [1.29, 1.82) is 0 Å². The fourth-order valence-corrected chi connectivity index (χ4v) is 2.58. The predicted molar refractivity (Wildman–Crippen MR) is 58.8 cm³/mol. The van der Waals surface area contributed by atoms with Crippen LogP contribution in [0.4, 0.5) is 0 Å². The molecule has 2 heterocycles. The van der Waals surface area contributed by atoms with Gasteiger partial charge >= 0.3 is 0 Å². The van der Waals surface area contributed by atoms with Crippen LogP contribution < -0.4 is 0 Å². The number of aryl methyl sites for hydroxylation is 2. The van der Waals surface area contributed by atoms with Gasteiger partial charge in [-0.1, -0.05) is 13.8 Å². The summed E-state index contributed by atoms with van der Waals surface area (Å²) in [5.41, 5.74) is 2.17. The van der Waals surface area contributed by atoms with Gasteiger partial charge in [-0.15, -0.1) is 0 Å². The molecular formula is C10H13N3S. The Morgan fingerprint density at radius 2 is 1.86 bits per heavy atom. The van der Waals surface area contributed by atoms with Crippen molar-refractivity contribution < 1.29 is 0 Å². The molecule has 0 aliphatic rings. The minimum Gasteiger partial charge on any atom is -0.238 e. The van der Waals surface area contributed by atoms with Gasteiger partial charge in [0.15, 0.2) is 0 Å². The topological polar surface area (TPSA) is 38.7 Å². The van der Waals surface area contributed by atoms with E-state index in [1.54, 1.807) is 0 Å². The second kappa shape index (κ2) is 3.28. The summed E-state index contributed by atoms with van der Waals surface area (Å²) < 4.78 is 4.44. The zero-order valence-electron chi connectivity index (χ0n) is 8.83. The smallest absolute Gasteiger partial charge is 0.147 e. The minimum atomic E-state index is 0.439. The van der Waals surface area contributed by atoms with E-state index in [1.807, 2.05) is 13.8 Å². The van der Waals surface area contributed by atoms with Crippen LogP contribution in [0.2, 0.25) is 0 Å². The summed E-state index contributed by atoms with van der Waals surface area (Å²) in [6.45, 7) is 8.24. The fraction of sp³-hybridized carbons (Fsp3) is 0.500. The first-order chi connectivity index (χ1) is 6.59. The maximum atomic E-state index is 4.44. The molecule has 0 saturated carbocycles. The largest absolute Gasteiger partial charge is 0.238 e. The average molecular weight is 207 g/mol. The van der Waals surface area contributed by atoms with Crippen LogP contribution in [-0.4, -0.2) is 14.3 Å². The molecule has 0 radical (unpaired) electrons. The molecule has 0 amide bonds. The third-order valence-corrected chi connectivity index (χ3v) is 2.96. The van der Waals surface area contributed by atoms with Crippen LogP contribution in [0.25, 0.3) is 10.2 Å². The van der Waals surface area contributed by atoms with Crippen LogP contribution in [0.15, 0.2) is 0 Å². The summed E-state index contributed by atoms with van der Waals surface area (Å²) in [4.78, 5) is 9.77. The summed E-state index contributed by atoms with van der Waals surface area (Å²) >= 11 is 1.47. The van der Waals surface area contributed by atoms with Crippen LogP contribution >= 0.6 is 11.5 Å². The molecule has 4 heteroatoms. The standard InChI is InChI=1S/C10H13N3S/c1-5(2)9-8-6(3)11-7(4)12-10(8)14-13-9/h5H,1-4H3. The van der Waals surface area contributed by atoms with Gasteiger partial charge < -0.3 is 0 Å². The predicted octanol–water partition coefficient (Wildman–Crippen LogP) is 2.83. The normalized spacial score (nSPS) is 11.5. The summed E-state index contributed by atoms with van der Waals surface area (Å²) in [5.74, 6) is 1.27. The molecule has 0 atom stereocenters. The summed E-state index contributed by atoms with van der Waals surface area (Å²) in [6, 6.07) is 0. The fourth-order valence-electron chi connectivity index (χ4n) is 1.57. The van der Waals surface area contributed by atoms with Gasteiger partial charge in [0.1, 0.15) is 10.7 Å². The van der Waals surface area contributed by atoms with Gasteiger partial charge in [0.05, 0.1) is 16.8 Å². The lowest BCUT2D eigenvalue weighted by Gasteiger charge is -2.02. The maximum Gasteiger partial charge on any atom is 0.147 e. The van der Waals surface area contributed by atoms with Gasteiger partial charge in [0.2, 0.25) is 0 Å². The SMILES string of the molecule is Cc1nc(C)c2c(C(C)C)nsc2n1. The first-order valence-electron chi connectivity index (χ1n) is 4.70. The van der Waals surface area contributed by atoms with Crippen LogP contribution in [0.5, 0.6) is 0 Å². The van der Waals surface area contributed by atoms with Gasteiger partial charge in [0, 0.05) is 0 Å². The lowest BCUT2D eigenvalue weighted by atomic mass is 10.1. The Labute approximate surface area is 87.4 Å². The summed E-state index contributed by atoms with van der Waals surface area (Å²) in [5, 5.41) is 1.15. The van der Waals surface area contributed by atoms with Crippen molar-refractivity contribution in [2.24, 2.45) is 0 Å². The van der Waals surface area contributed by atoms with Crippen molar-refractivity contribution in [3.8, 4) is 0 Å². The molecule has 0 saturated heterocycles. The van der Waals surface area contributed by atoms with Crippen molar-refractivity contribution in [3.63, 3.8) is 0 Å². The Morgan fingerprint density at radius 3 is 2.50 bits per heavy atom. The zero-order valence-corrected chi connectivity index (χ0v) is 9.64. The molecule has 2 aromatic rings. The van der Waals surface area contributed by atoms with Crippen molar-refractivity contribution in [1.82, 2.24) is 14.3 Å². The Hall–Kier alpha value is -1.03. The molecule has 74 valence electrons. The molecule has 0 aromatic carbocycles. The van der Waals surface area contributed by atoms with Crippen LogP contribution in [0, 0.1) is 13.8 Å². The van der Waals surface area contributed by atoms with E-state index >= 15 is 0 Å². The third kappa shape index (κ3) is 1.39. The third-order valence-electron chi connectivity index (χ3n) is 2.20. The molecule has 0 aliphatic carbocycles. The molecule has 0 fully saturated rings. The summed E-state index contributed by atoms with van der Waals surface area (Å²) in [7, 11) is 0. The number of hydrogen-bond donors (Lipinski definition) is 0. The Kier molecular flexibility index (Phi) is 2.23. The van der Waals surface area contributed by atoms with Crippen LogP contribution in [0.1, 0.15) is 37.0 Å². The molecule has 0 bridgehead atoms. The van der Waals surface area contributed by atoms with Crippen molar-refractivity contribution >= 4 is 21.7 Å². The lowest BCUT2D eigenvalue weighted by Crippen LogP contribution is -1.94. The Morgan fingerprint density at radius 1 is 1.14 bits per heavy atom. The molecule has 0 spiro atoms. The molecule has 3 nitrogen and oxygen atoms in total. The number of rotatable bonds is 1. The molecular weight excluding hydrogens is 194 g/mol. The van der Waals surface area contributed by atoms with Crippen molar-refractivity contribution in [2.45, 2.75) is 33.6 Å². The van der Waals surface area contributed by atoms with E-state index in [0.717, 1.165) is 27.4 Å². The van der Waals surface area contributed by atoms with Gasteiger partial charge in [0.25, 0.3) is 0 Å². The summed E-state index contributed by atoms with van der Waals surface area (Å²) in [6.07, 6.45) is 0. The van der Waals surface area contributed by atoms with Gasteiger partial charge in [-0.3, -0.25) is 0 Å². The van der Waals surface area contributed by atoms with E-state index in [9.17, 15) is 0 Å². The number of nitrogens with zero attached hydrogens (tertiary/aromatic N) is 3. The highest BCUT2D eigenvalue weighted by Crippen LogP contribution is 2.28. The Balaban J connectivity index is 2.79. The van der Waals surface area contributed by atoms with Crippen LogP contribution in [-0.2, 0) is 0 Å². The van der Waals surface area contributed by atoms with Crippen molar-refractivity contribution in [2.75, 3.05) is 0 Å². The molecule has 0 aliphatic heterocycles. The first kappa shape index (κ1) is 9.52. The second-order valence-electron chi connectivity index (χ2n) is 3.76. The van der Waals surface area contributed by atoms with Gasteiger partial charge in [-0.2, -0.15) is 4.37 Å². The highest BCUT2D eigenvalue weighted by atomic mass is 32.1. The average Bonchev–Trinajstić information content (AvgIpc) is 2.47. The number of hydrogen-bond acceptors (Lipinski definition) is 4. The van der Waals surface area contributed by atoms with Gasteiger partial charge in [-0.25, -0.2) is 9.97 Å². The van der Waals surface area contributed by atoms with Gasteiger partial charge in [-0.05, 0) is 31.3 Å². The first-order valence-corrected chi connectivity index (χ1v) is 5.47. The quantitative estimate of drug-likeness (QED) is 0.721. The molecule has 0 N–H and O–H groups in total. The molecule has 0 unspecified atom stereocenters. The Bertz CT molecular complexity index is 473. The van der Waals surface area contributed by atoms with E-state index < -0.39 is 0 Å². The lowest BCUT2D eigenvalue weighted by molar-refractivity contribution is 0.847. The molecule has 14 heavy (non-hydrogen) atoms. The number of fused-ring (bicyclic) bond motifs is 1. The van der Waals surface area contributed by atoms with E-state index in [-0.39, 0.29) is 0 Å². The highest BCUT2D eigenvalue weighted by Gasteiger charge is 2.13. The maximum absolute atomic E-state index is 4.44. The number of aromatic nitrogens is 3. The minimum absolute atomic E-state index is 0.439. The van der Waals surface area contributed by atoms with E-state index in [0.29, 0.717) is 5.92 Å². The van der Waals surface area contributed by atoms with Crippen LogP contribution in [0.3, 0.4) is 0 Å². The molecule has 2 rings (SSSR count). The van der Waals surface area contributed by atoms with Crippen molar-refractivity contribution in [3.05, 3.63) is 17.2 Å². The van der Waals surface area contributed by atoms with E-state index in [2.05, 4.69) is 28.2 Å². The zero-order chi connectivity index (χ0) is 10.3. The monoisotopic (exact) mass is 207 g/mol. The molecule has 2 aromatic heterocycles. The van der Waals surface area contributed by atoms with E-state index in [4.69, 9.17) is 0 Å². The van der Waals surface area contributed by atoms with E-state index in [1.165, 1.54) is 11.5 Å².